The minimum atomic E-state index is -0.0164. The van der Waals surface area contributed by atoms with Gasteiger partial charge >= 0.3 is 0 Å². The van der Waals surface area contributed by atoms with Crippen LogP contribution >= 0.6 is 11.3 Å². The topological polar surface area (TPSA) is 58.6 Å². The molecular weight excluding hydrogens is 394 g/mol. The monoisotopic (exact) mass is 417 g/mol. The lowest BCUT2D eigenvalue weighted by Crippen LogP contribution is -2.20. The summed E-state index contributed by atoms with van der Waals surface area (Å²) in [5, 5.41) is 14.1. The Hall–Kier alpha value is -3.15. The number of rotatable bonds is 8. The van der Waals surface area contributed by atoms with Gasteiger partial charge in [0, 0.05) is 27.8 Å². The average molecular weight is 418 g/mol. The predicted octanol–water partition coefficient (Wildman–Crippen LogP) is 5.49. The van der Waals surface area contributed by atoms with Crippen molar-refractivity contribution in [2.45, 2.75) is 6.92 Å². The fourth-order valence-corrected chi connectivity index (χ4v) is 4.61. The molecule has 1 heterocycles. The van der Waals surface area contributed by atoms with Crippen molar-refractivity contribution >= 4 is 27.2 Å². The molecular formula is C25H23NO3S. The molecule has 0 bridgehead atoms. The van der Waals surface area contributed by atoms with Gasteiger partial charge in [-0.25, -0.2) is 0 Å². The van der Waals surface area contributed by atoms with E-state index in [1.54, 1.807) is 12.1 Å². The summed E-state index contributed by atoms with van der Waals surface area (Å²) in [6, 6.07) is 22.4. The van der Waals surface area contributed by atoms with Gasteiger partial charge in [-0.1, -0.05) is 49.4 Å². The van der Waals surface area contributed by atoms with Crippen molar-refractivity contribution in [3.05, 3.63) is 83.2 Å². The van der Waals surface area contributed by atoms with Crippen molar-refractivity contribution in [3.8, 4) is 22.6 Å². The van der Waals surface area contributed by atoms with Crippen LogP contribution in [0.4, 0.5) is 0 Å². The maximum Gasteiger partial charge on any atom is 0.203 e. The van der Waals surface area contributed by atoms with E-state index < -0.39 is 0 Å². The molecule has 152 valence electrons. The van der Waals surface area contributed by atoms with E-state index in [0.717, 1.165) is 40.1 Å². The Kier molecular flexibility index (Phi) is 6.12. The standard InChI is InChI=1S/C25H23NO3S/c1-2-26-14-15-29-20-11-8-17(9-12-20)23-21-13-10-19(27)16-22(21)30-25(23)24(28)18-6-4-3-5-7-18/h3-13,16,26-27H,2,14-15H2,1H3. The molecule has 0 amide bonds. The summed E-state index contributed by atoms with van der Waals surface area (Å²) in [7, 11) is 0. The van der Waals surface area contributed by atoms with Gasteiger partial charge in [0.25, 0.3) is 0 Å². The van der Waals surface area contributed by atoms with Crippen LogP contribution in [0.5, 0.6) is 11.5 Å². The lowest BCUT2D eigenvalue weighted by molar-refractivity contribution is 0.104. The Labute approximate surface area is 179 Å². The molecule has 0 radical (unpaired) electrons. The molecule has 4 aromatic rings. The van der Waals surface area contributed by atoms with Crippen LogP contribution in [0.15, 0.2) is 72.8 Å². The number of nitrogens with one attached hydrogen (secondary N) is 1. The van der Waals surface area contributed by atoms with Gasteiger partial charge in [0.1, 0.15) is 18.1 Å². The molecule has 5 heteroatoms. The zero-order valence-corrected chi connectivity index (χ0v) is 17.5. The minimum absolute atomic E-state index is 0.0164. The van der Waals surface area contributed by atoms with Crippen molar-refractivity contribution < 1.29 is 14.6 Å². The van der Waals surface area contributed by atoms with E-state index in [1.807, 2.05) is 60.7 Å². The minimum Gasteiger partial charge on any atom is -0.508 e. The number of carbonyl (C=O) groups excluding carboxylic acids is 1. The average Bonchev–Trinajstić information content (AvgIpc) is 3.15. The van der Waals surface area contributed by atoms with Gasteiger partial charge in [0.05, 0.1) is 4.88 Å². The summed E-state index contributed by atoms with van der Waals surface area (Å²) in [4.78, 5) is 14.0. The van der Waals surface area contributed by atoms with Gasteiger partial charge in [-0.05, 0) is 42.4 Å². The summed E-state index contributed by atoms with van der Waals surface area (Å²) < 4.78 is 6.66. The summed E-state index contributed by atoms with van der Waals surface area (Å²) in [6.07, 6.45) is 0. The smallest absolute Gasteiger partial charge is 0.203 e. The van der Waals surface area contributed by atoms with E-state index in [1.165, 1.54) is 11.3 Å². The van der Waals surface area contributed by atoms with Gasteiger partial charge in [0.2, 0.25) is 5.78 Å². The van der Waals surface area contributed by atoms with Crippen molar-refractivity contribution in [3.63, 3.8) is 0 Å². The second-order valence-corrected chi connectivity index (χ2v) is 7.96. The quantitative estimate of drug-likeness (QED) is 0.294. The van der Waals surface area contributed by atoms with Crippen LogP contribution in [0.1, 0.15) is 22.2 Å². The van der Waals surface area contributed by atoms with Gasteiger partial charge in [-0.2, -0.15) is 0 Å². The molecule has 0 aliphatic rings. The lowest BCUT2D eigenvalue weighted by Gasteiger charge is -2.09. The number of likely N-dealkylation sites (N-methyl/N-ethyl adjacent to an activating group) is 1. The van der Waals surface area contributed by atoms with E-state index in [4.69, 9.17) is 4.74 Å². The first-order valence-corrected chi connectivity index (χ1v) is 10.8. The molecule has 30 heavy (non-hydrogen) atoms. The van der Waals surface area contributed by atoms with Crippen LogP contribution in [-0.2, 0) is 0 Å². The molecule has 4 nitrogen and oxygen atoms in total. The number of phenols is 1. The third-order valence-corrected chi connectivity index (χ3v) is 6.01. The normalized spacial score (nSPS) is 11.0. The highest BCUT2D eigenvalue weighted by Crippen LogP contribution is 2.41. The number of ketones is 1. The van der Waals surface area contributed by atoms with E-state index in [-0.39, 0.29) is 11.5 Å². The summed E-state index contributed by atoms with van der Waals surface area (Å²) in [5.41, 5.74) is 2.49. The summed E-state index contributed by atoms with van der Waals surface area (Å²) in [6.45, 7) is 4.38. The molecule has 0 aliphatic carbocycles. The second-order valence-electron chi connectivity index (χ2n) is 6.91. The third-order valence-electron chi connectivity index (χ3n) is 4.86. The van der Waals surface area contributed by atoms with E-state index in [0.29, 0.717) is 17.0 Å². The lowest BCUT2D eigenvalue weighted by atomic mass is 9.98. The highest BCUT2D eigenvalue weighted by Gasteiger charge is 2.21. The zero-order chi connectivity index (χ0) is 20.9. The molecule has 0 spiro atoms. The molecule has 0 atom stereocenters. The van der Waals surface area contributed by atoms with Crippen molar-refractivity contribution in [1.29, 1.82) is 0 Å². The first-order valence-electron chi connectivity index (χ1n) is 9.96. The molecule has 0 fully saturated rings. The zero-order valence-electron chi connectivity index (χ0n) is 16.7. The number of ether oxygens (including phenoxy) is 1. The number of thiophene rings is 1. The Morgan fingerprint density at radius 2 is 1.80 bits per heavy atom. The molecule has 2 N–H and O–H groups in total. The number of benzene rings is 3. The van der Waals surface area contributed by atoms with Crippen molar-refractivity contribution in [2.75, 3.05) is 19.7 Å². The SMILES string of the molecule is CCNCCOc1ccc(-c2c(C(=O)c3ccccc3)sc3cc(O)ccc23)cc1. The fourth-order valence-electron chi connectivity index (χ4n) is 3.39. The maximum atomic E-state index is 13.3. The third kappa shape index (κ3) is 4.22. The van der Waals surface area contributed by atoms with Crippen LogP contribution in [0.2, 0.25) is 0 Å². The van der Waals surface area contributed by atoms with Gasteiger partial charge < -0.3 is 15.2 Å². The van der Waals surface area contributed by atoms with Crippen molar-refractivity contribution in [1.82, 2.24) is 5.32 Å². The molecule has 0 saturated heterocycles. The van der Waals surface area contributed by atoms with Crippen LogP contribution in [0.3, 0.4) is 0 Å². The fraction of sp³-hybridized carbons (Fsp3) is 0.160. The van der Waals surface area contributed by atoms with E-state index >= 15 is 0 Å². The van der Waals surface area contributed by atoms with Gasteiger partial charge in [-0.3, -0.25) is 4.79 Å². The number of aromatic hydroxyl groups is 1. The predicted molar refractivity (Wildman–Crippen MR) is 123 cm³/mol. The Morgan fingerprint density at radius 3 is 2.53 bits per heavy atom. The number of carbonyl (C=O) groups is 1. The molecule has 0 aliphatic heterocycles. The second kappa shape index (κ2) is 9.11. The molecule has 1 aromatic heterocycles. The number of fused-ring (bicyclic) bond motifs is 1. The highest BCUT2D eigenvalue weighted by molar-refractivity contribution is 7.21. The molecule has 0 saturated carbocycles. The molecule has 0 unspecified atom stereocenters. The van der Waals surface area contributed by atoms with Crippen LogP contribution < -0.4 is 10.1 Å². The van der Waals surface area contributed by atoms with Gasteiger partial charge in [0.15, 0.2) is 0 Å². The van der Waals surface area contributed by atoms with Gasteiger partial charge in [-0.15, -0.1) is 11.3 Å². The number of hydrogen-bond donors (Lipinski definition) is 2. The number of phenolic OH excluding ortho intramolecular Hbond substituents is 1. The highest BCUT2D eigenvalue weighted by atomic mass is 32.1. The Bertz CT molecular complexity index is 1150. The number of hydrogen-bond acceptors (Lipinski definition) is 5. The molecule has 4 rings (SSSR count). The maximum absolute atomic E-state index is 13.3. The van der Waals surface area contributed by atoms with Crippen LogP contribution in [0.25, 0.3) is 21.2 Å². The largest absolute Gasteiger partial charge is 0.508 e. The first kappa shape index (κ1) is 20.1. The van der Waals surface area contributed by atoms with Crippen molar-refractivity contribution in [2.24, 2.45) is 0 Å². The first-order chi connectivity index (χ1) is 14.7. The summed E-state index contributed by atoms with van der Waals surface area (Å²) in [5.74, 6) is 0.973. The Morgan fingerprint density at radius 1 is 1.03 bits per heavy atom. The molecule has 3 aromatic carbocycles. The van der Waals surface area contributed by atoms with E-state index in [9.17, 15) is 9.90 Å². The van der Waals surface area contributed by atoms with E-state index in [2.05, 4.69) is 12.2 Å². The van der Waals surface area contributed by atoms with Crippen LogP contribution in [-0.4, -0.2) is 30.6 Å². The van der Waals surface area contributed by atoms with Crippen LogP contribution in [0, 0.1) is 0 Å². The Balaban J connectivity index is 1.73. The summed E-state index contributed by atoms with van der Waals surface area (Å²) >= 11 is 1.41.